The monoisotopic (exact) mass is 872 g/mol. The highest BCUT2D eigenvalue weighted by molar-refractivity contribution is 6.00. The molecule has 5 amide bonds. The number of nitrogens with zero attached hydrogens (tertiary/aromatic N) is 4. The van der Waals surface area contributed by atoms with Gasteiger partial charge in [-0.2, -0.15) is 5.26 Å². The van der Waals surface area contributed by atoms with Crippen LogP contribution in [-0.4, -0.2) is 107 Å². The van der Waals surface area contributed by atoms with Gasteiger partial charge in [0.15, 0.2) is 5.82 Å². The van der Waals surface area contributed by atoms with E-state index in [1.165, 1.54) is 24.9 Å². The Morgan fingerprint density at radius 2 is 1.67 bits per heavy atom. The van der Waals surface area contributed by atoms with Gasteiger partial charge in [-0.1, -0.05) is 57.2 Å². The Kier molecular flexibility index (Phi) is 14.3. The zero-order valence-electron chi connectivity index (χ0n) is 37.2. The minimum atomic E-state index is -1.41. The summed E-state index contributed by atoms with van der Waals surface area (Å²) < 4.78 is 6.33. The molecule has 0 aliphatic carbocycles. The number of carbonyl (C=O) groups excluding carboxylic acids is 5. The molecule has 17 nitrogen and oxygen atoms in total. The highest BCUT2D eigenvalue weighted by atomic mass is 16.5. The molecule has 4 aromatic rings. The number of hydrogen-bond acceptors (Lipinski definition) is 12. The molecule has 336 valence electrons. The standard InChI is InChI=1S/C47H56N10O7/c1-25-39(26(2)53-41(52-25)29-9-12-31(13-10-29)47(4,5)6)44(61)55-35(16-17-48)46(63)57(7)40-30-11-15-38(64-32-23-50-24-32)34(22-30)33-20-28(8-14-37(33)58)21-36(43(60)51-19-18-49)56-42(59)27(3)54-45(40)62/h8-15,20,22,27,32,35-36,40,50,58H,16-17,19,21,23-24,48H2,1-7H3,(H,51,60)(H,54,62)(H,55,61)(H,56,59)/t27-,35-,36-,40-/m0/s1. The van der Waals surface area contributed by atoms with E-state index in [0.29, 0.717) is 58.3 Å². The Labute approximate surface area is 372 Å². The Balaban J connectivity index is 1.36. The zero-order valence-corrected chi connectivity index (χ0v) is 37.2. The summed E-state index contributed by atoms with van der Waals surface area (Å²) in [5.41, 5.74) is 10.4. The van der Waals surface area contributed by atoms with Gasteiger partial charge in [0.2, 0.25) is 23.6 Å². The van der Waals surface area contributed by atoms with Crippen molar-refractivity contribution in [2.24, 2.45) is 5.73 Å². The maximum Gasteiger partial charge on any atom is 0.255 e. The number of fused-ring (bicyclic) bond motifs is 5. The summed E-state index contributed by atoms with van der Waals surface area (Å²) in [6, 6.07) is 14.4. The summed E-state index contributed by atoms with van der Waals surface area (Å²) in [6.07, 6.45) is -0.195. The molecule has 3 heterocycles. The van der Waals surface area contributed by atoms with Gasteiger partial charge in [-0.05, 0) is 80.1 Å². The molecule has 0 radical (unpaired) electrons. The van der Waals surface area contributed by atoms with E-state index >= 15 is 0 Å². The van der Waals surface area contributed by atoms with Gasteiger partial charge in [0.1, 0.15) is 48.3 Å². The van der Waals surface area contributed by atoms with Crippen molar-refractivity contribution in [2.75, 3.05) is 33.2 Å². The Bertz CT molecular complexity index is 2450. The second kappa shape index (κ2) is 19.7. The first-order chi connectivity index (χ1) is 30.4. The zero-order chi connectivity index (χ0) is 46.5. The molecular formula is C47H56N10O7. The number of rotatable bonds is 11. The number of likely N-dealkylation sites (N-methyl/N-ethyl adjacent to an activating group) is 1. The van der Waals surface area contributed by atoms with Gasteiger partial charge in [0, 0.05) is 43.2 Å². The summed E-state index contributed by atoms with van der Waals surface area (Å²) in [5.74, 6) is -2.66. The SMILES string of the molecule is Cc1nc(-c2ccc(C(C)(C)C)cc2)nc(C)c1C(=O)N[C@@H](CCN)C(=O)N(C)[C@@H]1C(=O)N[C@@H](C)C(=O)N[C@H](C(=O)NCC#N)Cc2ccc(O)c(c2)-c2cc1ccc2OC1CNC1. The van der Waals surface area contributed by atoms with Crippen LogP contribution < -0.4 is 37.1 Å². The molecule has 4 bridgehead atoms. The van der Waals surface area contributed by atoms with Crippen LogP contribution >= 0.6 is 0 Å². The lowest BCUT2D eigenvalue weighted by Gasteiger charge is -2.33. The van der Waals surface area contributed by atoms with Gasteiger partial charge in [-0.25, -0.2) is 9.97 Å². The minimum Gasteiger partial charge on any atom is -0.507 e. The summed E-state index contributed by atoms with van der Waals surface area (Å²) >= 11 is 0. The van der Waals surface area contributed by atoms with Gasteiger partial charge < -0.3 is 47.1 Å². The third kappa shape index (κ3) is 10.5. The van der Waals surface area contributed by atoms with E-state index in [1.807, 2.05) is 30.3 Å². The summed E-state index contributed by atoms with van der Waals surface area (Å²) in [7, 11) is 1.41. The molecule has 0 unspecified atom stereocenters. The fourth-order valence-electron chi connectivity index (χ4n) is 7.70. The van der Waals surface area contributed by atoms with Crippen molar-refractivity contribution in [3.8, 4) is 40.1 Å². The van der Waals surface area contributed by atoms with Crippen LogP contribution in [0.25, 0.3) is 22.5 Å². The van der Waals surface area contributed by atoms with Crippen molar-refractivity contribution < 1.29 is 33.8 Å². The molecular weight excluding hydrogens is 817 g/mol. The van der Waals surface area contributed by atoms with E-state index in [0.717, 1.165) is 11.1 Å². The van der Waals surface area contributed by atoms with Crippen molar-refractivity contribution in [2.45, 2.75) is 90.1 Å². The molecule has 64 heavy (non-hydrogen) atoms. The first-order valence-corrected chi connectivity index (χ1v) is 21.2. The van der Waals surface area contributed by atoms with Crippen molar-refractivity contribution in [1.29, 1.82) is 5.26 Å². The maximum atomic E-state index is 14.7. The first kappa shape index (κ1) is 46.6. The fourth-order valence-corrected chi connectivity index (χ4v) is 7.70. The van der Waals surface area contributed by atoms with Crippen LogP contribution in [0.2, 0.25) is 0 Å². The highest BCUT2D eigenvalue weighted by Crippen LogP contribution is 2.40. The van der Waals surface area contributed by atoms with E-state index in [9.17, 15) is 29.1 Å². The van der Waals surface area contributed by atoms with E-state index in [4.69, 9.17) is 15.7 Å². The summed E-state index contributed by atoms with van der Waals surface area (Å²) in [4.78, 5) is 80.6. The third-order valence-electron chi connectivity index (χ3n) is 11.4. The number of phenols is 1. The number of aromatic nitrogens is 2. The number of nitriles is 1. The van der Waals surface area contributed by atoms with Crippen LogP contribution in [-0.2, 0) is 31.0 Å². The molecule has 3 aromatic carbocycles. The lowest BCUT2D eigenvalue weighted by Crippen LogP contribution is -2.56. The minimum absolute atomic E-state index is 0.00148. The Hall–Kier alpha value is -6.90. The number of hydrogen-bond donors (Lipinski definition) is 7. The molecule has 2 aliphatic rings. The van der Waals surface area contributed by atoms with Crippen molar-refractivity contribution in [3.05, 3.63) is 94.3 Å². The molecule has 1 fully saturated rings. The quantitative estimate of drug-likeness (QED) is 0.108. The fraction of sp³-hybridized carbons (Fsp3) is 0.404. The molecule has 1 aromatic heterocycles. The number of ether oxygens (including phenoxy) is 1. The molecule has 8 N–H and O–H groups in total. The maximum absolute atomic E-state index is 14.7. The molecule has 4 atom stereocenters. The second-order valence-corrected chi connectivity index (χ2v) is 17.3. The third-order valence-corrected chi connectivity index (χ3v) is 11.4. The van der Waals surface area contributed by atoms with Crippen LogP contribution in [0.4, 0.5) is 0 Å². The molecule has 1 saturated heterocycles. The average Bonchev–Trinajstić information content (AvgIpc) is 3.23. The topological polar surface area (TPSA) is 254 Å². The van der Waals surface area contributed by atoms with Crippen LogP contribution in [0.5, 0.6) is 11.5 Å². The van der Waals surface area contributed by atoms with Crippen molar-refractivity contribution >= 4 is 29.5 Å². The summed E-state index contributed by atoms with van der Waals surface area (Å²) in [5, 5.41) is 34.3. The predicted molar refractivity (Wildman–Crippen MR) is 239 cm³/mol. The molecule has 2 aliphatic heterocycles. The smallest absolute Gasteiger partial charge is 0.255 e. The normalized spacial score (nSPS) is 18.2. The number of aryl methyl sites for hydroxylation is 2. The van der Waals surface area contributed by atoms with E-state index in [2.05, 4.69) is 57.3 Å². The first-order valence-electron chi connectivity index (χ1n) is 21.2. The van der Waals surface area contributed by atoms with Gasteiger partial charge in [-0.15, -0.1) is 0 Å². The van der Waals surface area contributed by atoms with Gasteiger partial charge >= 0.3 is 0 Å². The number of benzene rings is 3. The number of amides is 5. The molecule has 17 heteroatoms. The van der Waals surface area contributed by atoms with Crippen LogP contribution in [0, 0.1) is 25.2 Å². The molecule has 0 spiro atoms. The number of carbonyl (C=O) groups is 5. The second-order valence-electron chi connectivity index (χ2n) is 17.3. The van der Waals surface area contributed by atoms with Crippen LogP contribution in [0.1, 0.15) is 78.6 Å². The number of phenolic OH excluding ortho intramolecular Hbond substituents is 1. The van der Waals surface area contributed by atoms with Gasteiger partial charge in [0.05, 0.1) is 23.0 Å². The highest BCUT2D eigenvalue weighted by Gasteiger charge is 2.37. The Morgan fingerprint density at radius 1 is 0.984 bits per heavy atom. The molecule has 6 rings (SSSR count). The van der Waals surface area contributed by atoms with Gasteiger partial charge in [0.25, 0.3) is 5.91 Å². The Morgan fingerprint density at radius 3 is 2.28 bits per heavy atom. The van der Waals surface area contributed by atoms with E-state index in [1.54, 1.807) is 44.2 Å². The predicted octanol–water partition coefficient (Wildman–Crippen LogP) is 2.61. The number of nitrogens with one attached hydrogen (secondary N) is 5. The van der Waals surface area contributed by atoms with Crippen LogP contribution in [0.3, 0.4) is 0 Å². The van der Waals surface area contributed by atoms with Gasteiger partial charge in [-0.3, -0.25) is 24.0 Å². The molecule has 0 saturated carbocycles. The largest absolute Gasteiger partial charge is 0.507 e. The van der Waals surface area contributed by atoms with Crippen LogP contribution in [0.15, 0.2) is 60.7 Å². The lowest BCUT2D eigenvalue weighted by atomic mass is 9.86. The lowest BCUT2D eigenvalue weighted by molar-refractivity contribution is -0.141. The number of aromatic hydroxyl groups is 1. The van der Waals surface area contributed by atoms with E-state index in [-0.39, 0.29) is 48.8 Å². The number of nitrogens with two attached hydrogens (primary N) is 1. The average molecular weight is 873 g/mol. The summed E-state index contributed by atoms with van der Waals surface area (Å²) in [6.45, 7) is 12.1. The van der Waals surface area contributed by atoms with Crippen molar-refractivity contribution in [1.82, 2.24) is 41.5 Å². The van der Waals surface area contributed by atoms with E-state index < -0.39 is 53.7 Å². The van der Waals surface area contributed by atoms with Crippen molar-refractivity contribution in [3.63, 3.8) is 0 Å².